The van der Waals surface area contributed by atoms with Crippen molar-refractivity contribution in [3.05, 3.63) is 24.3 Å². The van der Waals surface area contributed by atoms with Crippen LogP contribution in [0.25, 0.3) is 0 Å². The number of aliphatic hydroxyl groups excluding tert-OH is 5. The summed E-state index contributed by atoms with van der Waals surface area (Å²) in [6, 6.07) is -0.821. The predicted molar refractivity (Wildman–Crippen MR) is 383 cm³/mol. The highest BCUT2D eigenvalue weighted by Gasteiger charge is 2.44. The zero-order chi connectivity index (χ0) is 64.2. The molecule has 0 aromatic carbocycles. The highest BCUT2D eigenvalue weighted by atomic mass is 16.7. The number of hydrogen-bond donors (Lipinski definition) is 6. The summed E-state index contributed by atoms with van der Waals surface area (Å²) in [6.45, 7) is 3.84. The SMILES string of the molecule is CCCCCCCCCCCCCCCCCCCCCCCCCCCC/C=C/CC/C=C/C(O)C(COC1OC(CO)C(O)C(O)C1O)NC(=O)CCCCCCCCCCCCCCCCCCCCCCCCCCCCCCCCCCCC. The van der Waals surface area contributed by atoms with Crippen LogP contribution in [0.2, 0.25) is 0 Å². The lowest BCUT2D eigenvalue weighted by Crippen LogP contribution is -2.60. The Hall–Kier alpha value is -1.33. The van der Waals surface area contributed by atoms with Gasteiger partial charge in [0.2, 0.25) is 5.91 Å². The van der Waals surface area contributed by atoms with E-state index in [4.69, 9.17) is 9.47 Å². The maximum Gasteiger partial charge on any atom is 0.220 e. The van der Waals surface area contributed by atoms with Gasteiger partial charge in [0.25, 0.3) is 0 Å². The molecule has 1 saturated heterocycles. The average molecular weight is 1260 g/mol. The highest BCUT2D eigenvalue weighted by molar-refractivity contribution is 5.76. The first-order valence-corrected chi connectivity index (χ1v) is 40.1. The van der Waals surface area contributed by atoms with E-state index in [1.54, 1.807) is 6.08 Å². The van der Waals surface area contributed by atoms with Gasteiger partial charge in [-0.3, -0.25) is 4.79 Å². The molecule has 9 heteroatoms. The van der Waals surface area contributed by atoms with Gasteiger partial charge in [0, 0.05) is 6.42 Å². The van der Waals surface area contributed by atoms with E-state index in [0.717, 1.165) is 38.5 Å². The summed E-state index contributed by atoms with van der Waals surface area (Å²) >= 11 is 0. The van der Waals surface area contributed by atoms with Gasteiger partial charge in [0.05, 0.1) is 25.4 Å². The number of amides is 1. The van der Waals surface area contributed by atoms with Crippen LogP contribution >= 0.6 is 0 Å². The first-order chi connectivity index (χ1) is 43.8. The molecule has 1 fully saturated rings. The largest absolute Gasteiger partial charge is 0.394 e. The molecule has 0 aromatic heterocycles. The molecule has 9 nitrogen and oxygen atoms in total. The van der Waals surface area contributed by atoms with Crippen molar-refractivity contribution in [2.24, 2.45) is 0 Å². The number of carbonyl (C=O) groups is 1. The summed E-state index contributed by atoms with van der Waals surface area (Å²) in [5.74, 6) is -0.176. The lowest BCUT2D eigenvalue weighted by Gasteiger charge is -2.40. The second-order valence-electron chi connectivity index (χ2n) is 28.2. The fraction of sp³-hybridized carbons (Fsp3) is 0.938. The predicted octanol–water partition coefficient (Wildman–Crippen LogP) is 22.8. The minimum Gasteiger partial charge on any atom is -0.394 e. The minimum absolute atomic E-state index is 0.176. The average Bonchev–Trinajstić information content (AvgIpc) is 2.47. The molecule has 1 aliphatic heterocycles. The van der Waals surface area contributed by atoms with Gasteiger partial charge < -0.3 is 40.3 Å². The molecule has 7 unspecified atom stereocenters. The number of rotatable bonds is 72. The van der Waals surface area contributed by atoms with Gasteiger partial charge in [-0.1, -0.05) is 411 Å². The molecule has 1 amide bonds. The molecule has 0 radical (unpaired) electrons. The standard InChI is InChI=1S/C80H155NO8/c1-3-5-7-9-11-13-15-17-19-21-23-25-27-29-31-33-35-37-38-40-42-44-46-48-50-52-54-56-58-60-62-64-66-68-70-76(84)81-73(72-88-80-79(87)78(86)77(85)75(71-82)89-80)74(83)69-67-65-63-61-59-57-55-53-51-49-47-45-43-41-39-36-34-32-30-28-26-24-22-20-18-16-14-12-10-8-6-4-2/h59,61,67,69,73-75,77-80,82-83,85-87H,3-58,60,62-66,68,70-72H2,1-2H3,(H,81,84)/b61-59+,69-67+. The van der Waals surface area contributed by atoms with Crippen LogP contribution in [0.5, 0.6) is 0 Å². The summed E-state index contributed by atoms with van der Waals surface area (Å²) in [5, 5.41) is 54.9. The third-order valence-electron chi connectivity index (χ3n) is 19.5. The van der Waals surface area contributed by atoms with Crippen molar-refractivity contribution in [3.8, 4) is 0 Å². The van der Waals surface area contributed by atoms with E-state index in [9.17, 15) is 30.3 Å². The lowest BCUT2D eigenvalue weighted by atomic mass is 9.99. The molecule has 0 bridgehead atoms. The molecule has 0 aromatic rings. The van der Waals surface area contributed by atoms with Gasteiger partial charge in [-0.2, -0.15) is 0 Å². The van der Waals surface area contributed by atoms with E-state index in [1.807, 2.05) is 6.08 Å². The molecular weight excluding hydrogens is 1100 g/mol. The topological polar surface area (TPSA) is 149 Å². The van der Waals surface area contributed by atoms with Crippen molar-refractivity contribution in [1.82, 2.24) is 5.32 Å². The molecule has 1 aliphatic rings. The number of ether oxygens (including phenoxy) is 2. The Kier molecular flexibility index (Phi) is 66.9. The minimum atomic E-state index is -1.57. The number of carbonyl (C=O) groups excluding carboxylic acids is 1. The number of aliphatic hydroxyl groups is 5. The molecule has 0 spiro atoms. The normalized spacial score (nSPS) is 17.9. The second-order valence-corrected chi connectivity index (χ2v) is 28.2. The fourth-order valence-electron chi connectivity index (χ4n) is 13.3. The van der Waals surface area contributed by atoms with Gasteiger partial charge in [-0.15, -0.1) is 0 Å². The summed E-state index contributed by atoms with van der Waals surface area (Å²) < 4.78 is 11.3. The molecule has 1 rings (SSSR count). The zero-order valence-corrected chi connectivity index (χ0v) is 59.5. The molecule has 6 N–H and O–H groups in total. The van der Waals surface area contributed by atoms with Crippen LogP contribution in [0.1, 0.15) is 425 Å². The smallest absolute Gasteiger partial charge is 0.220 e. The Balaban J connectivity index is 2.07. The van der Waals surface area contributed by atoms with Gasteiger partial charge in [-0.05, 0) is 32.1 Å². The highest BCUT2D eigenvalue weighted by Crippen LogP contribution is 2.24. The van der Waals surface area contributed by atoms with Crippen LogP contribution in [-0.2, 0) is 14.3 Å². The van der Waals surface area contributed by atoms with Gasteiger partial charge in [-0.25, -0.2) is 0 Å². The van der Waals surface area contributed by atoms with E-state index in [-0.39, 0.29) is 12.5 Å². The Bertz CT molecular complexity index is 1460. The third-order valence-corrected chi connectivity index (χ3v) is 19.5. The van der Waals surface area contributed by atoms with E-state index in [0.29, 0.717) is 6.42 Å². The Morgan fingerprint density at radius 3 is 0.944 bits per heavy atom. The molecule has 7 atom stereocenters. The van der Waals surface area contributed by atoms with E-state index < -0.39 is 49.5 Å². The van der Waals surface area contributed by atoms with E-state index in [2.05, 4.69) is 31.3 Å². The van der Waals surface area contributed by atoms with Crippen molar-refractivity contribution in [1.29, 1.82) is 0 Å². The number of hydrogen-bond acceptors (Lipinski definition) is 8. The third kappa shape index (κ3) is 57.8. The van der Waals surface area contributed by atoms with Gasteiger partial charge in [0.1, 0.15) is 24.4 Å². The molecule has 1 heterocycles. The van der Waals surface area contributed by atoms with Crippen molar-refractivity contribution >= 4 is 5.91 Å². The van der Waals surface area contributed by atoms with Crippen molar-refractivity contribution in [2.75, 3.05) is 13.2 Å². The fourth-order valence-corrected chi connectivity index (χ4v) is 13.3. The van der Waals surface area contributed by atoms with E-state index in [1.165, 1.54) is 366 Å². The lowest BCUT2D eigenvalue weighted by molar-refractivity contribution is -0.302. The van der Waals surface area contributed by atoms with Crippen LogP contribution < -0.4 is 5.32 Å². The molecule has 528 valence electrons. The first-order valence-electron chi connectivity index (χ1n) is 40.1. The first kappa shape index (κ1) is 85.7. The van der Waals surface area contributed by atoms with Gasteiger partial charge >= 0.3 is 0 Å². The van der Waals surface area contributed by atoms with Crippen LogP contribution in [0.3, 0.4) is 0 Å². The molecule has 0 aliphatic carbocycles. The number of nitrogens with one attached hydrogen (secondary N) is 1. The van der Waals surface area contributed by atoms with Crippen LogP contribution in [-0.4, -0.2) is 87.5 Å². The zero-order valence-electron chi connectivity index (χ0n) is 59.5. The van der Waals surface area contributed by atoms with Crippen molar-refractivity contribution in [2.45, 2.75) is 468 Å². The molecule has 0 saturated carbocycles. The Morgan fingerprint density at radius 2 is 0.640 bits per heavy atom. The van der Waals surface area contributed by atoms with Crippen LogP contribution in [0.15, 0.2) is 24.3 Å². The van der Waals surface area contributed by atoms with Crippen LogP contribution in [0, 0.1) is 0 Å². The quantitative estimate of drug-likeness (QED) is 0.0261. The number of allylic oxidation sites excluding steroid dienone is 3. The Morgan fingerprint density at radius 1 is 0.371 bits per heavy atom. The van der Waals surface area contributed by atoms with E-state index >= 15 is 0 Å². The maximum atomic E-state index is 13.2. The van der Waals surface area contributed by atoms with Crippen molar-refractivity contribution < 1.29 is 39.8 Å². The summed E-state index contributed by atoms with van der Waals surface area (Å²) in [5.41, 5.74) is 0. The van der Waals surface area contributed by atoms with Crippen molar-refractivity contribution in [3.63, 3.8) is 0 Å². The second kappa shape index (κ2) is 69.5. The maximum absolute atomic E-state index is 13.2. The number of unbranched alkanes of at least 4 members (excludes halogenated alkanes) is 60. The summed E-state index contributed by atoms with van der Waals surface area (Å²) in [6.07, 6.45) is 86.3. The van der Waals surface area contributed by atoms with Gasteiger partial charge in [0.15, 0.2) is 6.29 Å². The molecular formula is C80H155NO8. The molecule has 89 heavy (non-hydrogen) atoms. The van der Waals surface area contributed by atoms with Crippen LogP contribution in [0.4, 0.5) is 0 Å². The Labute approximate surface area is 553 Å². The monoisotopic (exact) mass is 1260 g/mol. The summed E-state index contributed by atoms with van der Waals surface area (Å²) in [7, 11) is 0. The summed E-state index contributed by atoms with van der Waals surface area (Å²) in [4.78, 5) is 13.2.